The fourth-order valence-electron chi connectivity index (χ4n) is 3.89. The van der Waals surface area contributed by atoms with Crippen LogP contribution < -0.4 is 15.5 Å². The van der Waals surface area contributed by atoms with E-state index in [4.69, 9.17) is 0 Å². The minimum atomic E-state index is -0.329. The molecule has 0 spiro atoms. The second-order valence-electron chi connectivity index (χ2n) is 8.14. The molecular formula is C29H27N3O3. The first-order valence-corrected chi connectivity index (χ1v) is 11.5. The summed E-state index contributed by atoms with van der Waals surface area (Å²) in [5.74, 6) is -0.630. The van der Waals surface area contributed by atoms with Crippen LogP contribution in [0.1, 0.15) is 22.8 Å². The molecule has 0 saturated carbocycles. The number of nitrogens with one attached hydrogen (secondary N) is 2. The molecule has 4 aromatic carbocycles. The summed E-state index contributed by atoms with van der Waals surface area (Å²) in [6.45, 7) is 2.39. The number of carbonyl (C=O) groups excluding carboxylic acids is 3. The van der Waals surface area contributed by atoms with E-state index >= 15 is 0 Å². The van der Waals surface area contributed by atoms with Crippen molar-refractivity contribution in [2.75, 3.05) is 23.3 Å². The van der Waals surface area contributed by atoms with Crippen LogP contribution in [0.4, 0.5) is 11.4 Å². The first-order chi connectivity index (χ1) is 17.0. The fraction of sp³-hybridized carbons (Fsp3) is 0.138. The third-order valence-electron chi connectivity index (χ3n) is 5.70. The molecule has 6 nitrogen and oxygen atoms in total. The summed E-state index contributed by atoms with van der Waals surface area (Å²) >= 11 is 0. The molecule has 0 aliphatic carbocycles. The zero-order valence-corrected chi connectivity index (χ0v) is 19.5. The van der Waals surface area contributed by atoms with Gasteiger partial charge in [0.15, 0.2) is 0 Å². The molecule has 0 atom stereocenters. The summed E-state index contributed by atoms with van der Waals surface area (Å²) in [7, 11) is 0. The number of likely N-dealkylation sites (N-methyl/N-ethyl adjacent to an activating group) is 1. The lowest BCUT2D eigenvalue weighted by atomic mass is 10.1. The number of rotatable bonds is 8. The van der Waals surface area contributed by atoms with Gasteiger partial charge in [0.25, 0.3) is 5.91 Å². The van der Waals surface area contributed by atoms with Gasteiger partial charge in [0.1, 0.15) is 0 Å². The molecule has 0 heterocycles. The lowest BCUT2D eigenvalue weighted by Gasteiger charge is -2.21. The largest absolute Gasteiger partial charge is 0.343 e. The molecule has 6 heteroatoms. The predicted molar refractivity (Wildman–Crippen MR) is 140 cm³/mol. The molecule has 0 fully saturated rings. The molecule has 0 aliphatic heterocycles. The third kappa shape index (κ3) is 6.12. The summed E-state index contributed by atoms with van der Waals surface area (Å²) < 4.78 is 0. The fourth-order valence-corrected chi connectivity index (χ4v) is 3.89. The van der Waals surface area contributed by atoms with E-state index in [1.54, 1.807) is 29.2 Å². The smallest absolute Gasteiger partial charge is 0.251 e. The van der Waals surface area contributed by atoms with Gasteiger partial charge in [-0.05, 0) is 59.7 Å². The molecule has 35 heavy (non-hydrogen) atoms. The Morgan fingerprint density at radius 2 is 1.46 bits per heavy atom. The van der Waals surface area contributed by atoms with E-state index in [1.165, 1.54) is 0 Å². The van der Waals surface area contributed by atoms with E-state index in [-0.39, 0.29) is 30.7 Å². The molecular weight excluding hydrogens is 438 g/mol. The Balaban J connectivity index is 1.29. The van der Waals surface area contributed by atoms with E-state index in [1.807, 2.05) is 79.7 Å². The Morgan fingerprint density at radius 3 is 2.17 bits per heavy atom. The van der Waals surface area contributed by atoms with E-state index in [2.05, 4.69) is 10.6 Å². The standard InChI is InChI=1S/C29H27N3O3/c1-2-32(26-10-4-3-5-11-26)28(34)18-21-12-16-25(17-13-21)31-27(33)20-30-29(35)24-15-14-22-8-6-7-9-23(22)19-24/h3-17,19H,2,18,20H2,1H3,(H,30,35)(H,31,33). The highest BCUT2D eigenvalue weighted by atomic mass is 16.2. The lowest BCUT2D eigenvalue weighted by molar-refractivity contribution is -0.118. The van der Waals surface area contributed by atoms with Crippen molar-refractivity contribution in [3.05, 3.63) is 108 Å². The number of benzene rings is 4. The zero-order chi connectivity index (χ0) is 24.6. The first kappa shape index (κ1) is 23.7. The molecule has 0 radical (unpaired) electrons. The number of nitrogens with zero attached hydrogens (tertiary/aromatic N) is 1. The highest BCUT2D eigenvalue weighted by Crippen LogP contribution is 2.17. The maximum absolute atomic E-state index is 12.8. The van der Waals surface area contributed by atoms with Crippen molar-refractivity contribution >= 4 is 39.9 Å². The number of hydrogen-bond acceptors (Lipinski definition) is 3. The van der Waals surface area contributed by atoms with Gasteiger partial charge in [0.05, 0.1) is 13.0 Å². The van der Waals surface area contributed by atoms with Gasteiger partial charge in [-0.25, -0.2) is 0 Å². The number of hydrogen-bond donors (Lipinski definition) is 2. The van der Waals surface area contributed by atoms with Crippen molar-refractivity contribution in [3.63, 3.8) is 0 Å². The molecule has 2 N–H and O–H groups in total. The zero-order valence-electron chi connectivity index (χ0n) is 19.5. The maximum Gasteiger partial charge on any atom is 0.251 e. The van der Waals surface area contributed by atoms with Crippen molar-refractivity contribution in [3.8, 4) is 0 Å². The number of amides is 3. The number of fused-ring (bicyclic) bond motifs is 1. The van der Waals surface area contributed by atoms with Crippen LogP contribution in [-0.4, -0.2) is 30.8 Å². The lowest BCUT2D eigenvalue weighted by Crippen LogP contribution is -2.33. The first-order valence-electron chi connectivity index (χ1n) is 11.5. The third-order valence-corrected chi connectivity index (χ3v) is 5.70. The molecule has 3 amide bonds. The minimum Gasteiger partial charge on any atom is -0.343 e. The van der Waals surface area contributed by atoms with Crippen LogP contribution in [0.5, 0.6) is 0 Å². The normalized spacial score (nSPS) is 10.5. The summed E-state index contributed by atoms with van der Waals surface area (Å²) in [4.78, 5) is 39.3. The summed E-state index contributed by atoms with van der Waals surface area (Å²) in [6.07, 6.45) is 0.263. The second kappa shape index (κ2) is 11.1. The summed E-state index contributed by atoms with van der Waals surface area (Å²) in [6, 6.07) is 29.9. The van der Waals surface area contributed by atoms with Crippen LogP contribution in [0, 0.1) is 0 Å². The number of carbonyl (C=O) groups is 3. The number of para-hydroxylation sites is 1. The Bertz CT molecular complexity index is 1330. The molecule has 4 aromatic rings. The van der Waals surface area contributed by atoms with Gasteiger partial charge in [-0.1, -0.05) is 60.7 Å². The van der Waals surface area contributed by atoms with Gasteiger partial charge in [0, 0.05) is 23.5 Å². The van der Waals surface area contributed by atoms with Crippen molar-refractivity contribution in [1.29, 1.82) is 0 Å². The second-order valence-corrected chi connectivity index (χ2v) is 8.14. The van der Waals surface area contributed by atoms with Crippen molar-refractivity contribution in [2.45, 2.75) is 13.3 Å². The van der Waals surface area contributed by atoms with Crippen LogP contribution >= 0.6 is 0 Å². The quantitative estimate of drug-likeness (QED) is 0.392. The minimum absolute atomic E-state index is 0.00638. The highest BCUT2D eigenvalue weighted by molar-refractivity contribution is 6.01. The average molecular weight is 466 g/mol. The monoisotopic (exact) mass is 465 g/mol. The Kier molecular flexibility index (Phi) is 7.53. The van der Waals surface area contributed by atoms with E-state index in [0.717, 1.165) is 22.0 Å². The van der Waals surface area contributed by atoms with Crippen molar-refractivity contribution in [2.24, 2.45) is 0 Å². The Labute approximate surface area is 204 Å². The topological polar surface area (TPSA) is 78.5 Å². The van der Waals surface area contributed by atoms with Crippen LogP contribution in [0.15, 0.2) is 97.1 Å². The molecule has 4 rings (SSSR count). The molecule has 0 aromatic heterocycles. The van der Waals surface area contributed by atoms with Crippen LogP contribution in [0.3, 0.4) is 0 Å². The molecule has 0 aliphatic rings. The van der Waals surface area contributed by atoms with Crippen LogP contribution in [0.2, 0.25) is 0 Å². The van der Waals surface area contributed by atoms with Gasteiger partial charge in [0.2, 0.25) is 11.8 Å². The van der Waals surface area contributed by atoms with E-state index in [0.29, 0.717) is 17.8 Å². The van der Waals surface area contributed by atoms with E-state index in [9.17, 15) is 14.4 Å². The Hall–Kier alpha value is -4.45. The van der Waals surface area contributed by atoms with Crippen molar-refractivity contribution < 1.29 is 14.4 Å². The Morgan fingerprint density at radius 1 is 0.771 bits per heavy atom. The van der Waals surface area contributed by atoms with Gasteiger partial charge < -0.3 is 15.5 Å². The van der Waals surface area contributed by atoms with Gasteiger partial charge in [-0.2, -0.15) is 0 Å². The van der Waals surface area contributed by atoms with Crippen LogP contribution in [-0.2, 0) is 16.0 Å². The summed E-state index contributed by atoms with van der Waals surface area (Å²) in [5.41, 5.74) is 2.82. The molecule has 176 valence electrons. The SMILES string of the molecule is CCN(C(=O)Cc1ccc(NC(=O)CNC(=O)c2ccc3ccccc3c2)cc1)c1ccccc1. The number of anilines is 2. The average Bonchev–Trinajstić information content (AvgIpc) is 2.89. The molecule has 0 unspecified atom stereocenters. The van der Waals surface area contributed by atoms with Gasteiger partial charge >= 0.3 is 0 Å². The predicted octanol–water partition coefficient (Wildman–Crippen LogP) is 4.80. The highest BCUT2D eigenvalue weighted by Gasteiger charge is 2.14. The molecule has 0 saturated heterocycles. The molecule has 0 bridgehead atoms. The maximum atomic E-state index is 12.8. The van der Waals surface area contributed by atoms with Gasteiger partial charge in [-0.3, -0.25) is 14.4 Å². The van der Waals surface area contributed by atoms with Gasteiger partial charge in [-0.15, -0.1) is 0 Å². The van der Waals surface area contributed by atoms with E-state index < -0.39 is 0 Å². The summed E-state index contributed by atoms with van der Waals surface area (Å²) in [5, 5.41) is 7.44. The van der Waals surface area contributed by atoms with Crippen molar-refractivity contribution in [1.82, 2.24) is 5.32 Å². The van der Waals surface area contributed by atoms with Crippen LogP contribution in [0.25, 0.3) is 10.8 Å².